The van der Waals surface area contributed by atoms with Gasteiger partial charge in [0.2, 0.25) is 21.8 Å². The van der Waals surface area contributed by atoms with Crippen LogP contribution in [0.4, 0.5) is 5.69 Å². The van der Waals surface area contributed by atoms with E-state index in [1.807, 2.05) is 52.8 Å². The average Bonchev–Trinajstić information content (AvgIpc) is 2.84. The molecule has 38 heavy (non-hydrogen) atoms. The molecule has 0 fully saturated rings. The summed E-state index contributed by atoms with van der Waals surface area (Å²) in [7, 11) is -3.58. The number of nitrogens with zero attached hydrogens (tertiary/aromatic N) is 2. The van der Waals surface area contributed by atoms with E-state index in [0.29, 0.717) is 27.7 Å². The van der Waals surface area contributed by atoms with Gasteiger partial charge in [0.1, 0.15) is 6.04 Å². The number of anilines is 1. The molecule has 210 valence electrons. The van der Waals surface area contributed by atoms with Gasteiger partial charge in [0.05, 0.1) is 11.9 Å². The average molecular weight is 585 g/mol. The fraction of sp³-hybridized carbons (Fsp3) is 0.500. The van der Waals surface area contributed by atoms with Crippen LogP contribution in [0, 0.1) is 13.8 Å². The van der Waals surface area contributed by atoms with Gasteiger partial charge in [0, 0.05) is 41.2 Å². The zero-order chi connectivity index (χ0) is 28.6. The first kappa shape index (κ1) is 31.9. The van der Waals surface area contributed by atoms with Gasteiger partial charge in [-0.05, 0) is 69.4 Å². The van der Waals surface area contributed by atoms with Crippen LogP contribution in [0.2, 0.25) is 10.0 Å². The normalized spacial score (nSPS) is 13.1. The molecule has 2 atom stereocenters. The number of carbonyl (C=O) groups excluding carboxylic acids is 2. The number of rotatable bonds is 13. The van der Waals surface area contributed by atoms with Gasteiger partial charge >= 0.3 is 0 Å². The van der Waals surface area contributed by atoms with Gasteiger partial charge in [-0.2, -0.15) is 0 Å². The minimum atomic E-state index is -3.58. The third-order valence-electron chi connectivity index (χ3n) is 6.56. The van der Waals surface area contributed by atoms with Crippen LogP contribution in [0.15, 0.2) is 36.4 Å². The molecule has 0 aliphatic rings. The summed E-state index contributed by atoms with van der Waals surface area (Å²) in [5.74, 6) is -0.520. The smallest absolute Gasteiger partial charge is 0.243 e. The number of aryl methyl sites for hydroxylation is 2. The molecule has 0 heterocycles. The number of carbonyl (C=O) groups is 2. The van der Waals surface area contributed by atoms with E-state index in [4.69, 9.17) is 23.2 Å². The largest absolute Gasteiger partial charge is 0.352 e. The standard InChI is InChI=1S/C28H39Cl2N3O4S/c1-7-21(5)31-28(35)25(8-2)32(18-22-23(29)11-9-12-24(22)30)27(34)13-10-16-33(38(6,36)37)26-17-19(3)14-15-20(26)4/h9,11-12,14-15,17,21,25H,7-8,10,13,16,18H2,1-6H3,(H,31,35)/t21-,25+/m1/s1. The van der Waals surface area contributed by atoms with Crippen LogP contribution >= 0.6 is 23.2 Å². The van der Waals surface area contributed by atoms with Gasteiger partial charge in [-0.1, -0.05) is 55.2 Å². The van der Waals surface area contributed by atoms with Crippen molar-refractivity contribution in [1.82, 2.24) is 10.2 Å². The molecule has 0 bridgehead atoms. The second-order valence-corrected chi connectivity index (χ2v) is 12.4. The van der Waals surface area contributed by atoms with Crippen molar-refractivity contribution in [3.05, 3.63) is 63.1 Å². The van der Waals surface area contributed by atoms with E-state index >= 15 is 0 Å². The minimum Gasteiger partial charge on any atom is -0.352 e. The summed E-state index contributed by atoms with van der Waals surface area (Å²) in [5, 5.41) is 3.79. The molecule has 2 aromatic carbocycles. The Morgan fingerprint density at radius 3 is 2.21 bits per heavy atom. The Labute approximate surface area is 237 Å². The fourth-order valence-corrected chi connectivity index (χ4v) is 5.72. The Hall–Kier alpha value is -2.29. The number of amides is 2. The molecule has 1 N–H and O–H groups in total. The van der Waals surface area contributed by atoms with Crippen molar-refractivity contribution in [3.8, 4) is 0 Å². The summed E-state index contributed by atoms with van der Waals surface area (Å²) in [4.78, 5) is 28.3. The van der Waals surface area contributed by atoms with Gasteiger partial charge < -0.3 is 10.2 Å². The highest BCUT2D eigenvalue weighted by Gasteiger charge is 2.30. The first-order valence-corrected chi connectivity index (χ1v) is 15.5. The summed E-state index contributed by atoms with van der Waals surface area (Å²) in [6, 6.07) is 9.98. The molecule has 2 rings (SSSR count). The first-order chi connectivity index (χ1) is 17.8. The van der Waals surface area contributed by atoms with Gasteiger partial charge in [-0.15, -0.1) is 0 Å². The molecular formula is C28H39Cl2N3O4S. The molecule has 0 unspecified atom stereocenters. The van der Waals surface area contributed by atoms with Gasteiger partial charge in [0.25, 0.3) is 0 Å². The highest BCUT2D eigenvalue weighted by molar-refractivity contribution is 7.92. The Morgan fingerprint density at radius 2 is 1.66 bits per heavy atom. The van der Waals surface area contributed by atoms with Crippen LogP contribution in [0.1, 0.15) is 63.1 Å². The van der Waals surface area contributed by atoms with E-state index in [1.165, 1.54) is 9.21 Å². The van der Waals surface area contributed by atoms with Crippen LogP contribution in [0.3, 0.4) is 0 Å². The van der Waals surface area contributed by atoms with Gasteiger partial charge in [0.15, 0.2) is 0 Å². The van der Waals surface area contributed by atoms with E-state index in [-0.39, 0.29) is 43.8 Å². The van der Waals surface area contributed by atoms with E-state index in [0.717, 1.165) is 23.8 Å². The minimum absolute atomic E-state index is 0.0432. The van der Waals surface area contributed by atoms with Crippen molar-refractivity contribution >= 4 is 50.7 Å². The van der Waals surface area contributed by atoms with Crippen LogP contribution in [-0.2, 0) is 26.2 Å². The summed E-state index contributed by atoms with van der Waals surface area (Å²) in [6.07, 6.45) is 2.64. The maximum absolute atomic E-state index is 13.6. The van der Waals surface area contributed by atoms with Crippen LogP contribution in [0.25, 0.3) is 0 Å². The number of nitrogens with one attached hydrogen (secondary N) is 1. The van der Waals surface area contributed by atoms with E-state index in [2.05, 4.69) is 5.32 Å². The monoisotopic (exact) mass is 583 g/mol. The summed E-state index contributed by atoms with van der Waals surface area (Å²) in [6.45, 7) is 9.69. The van der Waals surface area contributed by atoms with Crippen molar-refractivity contribution < 1.29 is 18.0 Å². The third-order valence-corrected chi connectivity index (χ3v) is 8.45. The number of sulfonamides is 1. The Morgan fingerprint density at radius 1 is 1.03 bits per heavy atom. The molecule has 0 aromatic heterocycles. The van der Waals surface area contributed by atoms with E-state index < -0.39 is 16.1 Å². The van der Waals surface area contributed by atoms with Crippen molar-refractivity contribution in [2.24, 2.45) is 0 Å². The third kappa shape index (κ3) is 8.61. The fourth-order valence-electron chi connectivity index (χ4n) is 4.18. The van der Waals surface area contributed by atoms with Crippen molar-refractivity contribution in [2.75, 3.05) is 17.1 Å². The van der Waals surface area contributed by atoms with E-state index in [1.54, 1.807) is 18.2 Å². The van der Waals surface area contributed by atoms with Crippen LogP contribution in [-0.4, -0.2) is 50.0 Å². The maximum atomic E-state index is 13.6. The SMILES string of the molecule is CC[C@@H](C)NC(=O)[C@H](CC)N(Cc1c(Cl)cccc1Cl)C(=O)CCCN(c1cc(C)ccc1C)S(C)(=O)=O. The highest BCUT2D eigenvalue weighted by atomic mass is 35.5. The topological polar surface area (TPSA) is 86.8 Å². The lowest BCUT2D eigenvalue weighted by Gasteiger charge is -2.32. The lowest BCUT2D eigenvalue weighted by atomic mass is 10.1. The molecule has 2 aromatic rings. The van der Waals surface area contributed by atoms with Gasteiger partial charge in [-0.3, -0.25) is 13.9 Å². The van der Waals surface area contributed by atoms with Crippen molar-refractivity contribution in [3.63, 3.8) is 0 Å². The Kier molecular flexibility index (Phi) is 11.9. The molecule has 0 aliphatic heterocycles. The van der Waals surface area contributed by atoms with Gasteiger partial charge in [-0.25, -0.2) is 8.42 Å². The molecule has 0 aliphatic carbocycles. The zero-order valence-corrected chi connectivity index (χ0v) is 25.4. The molecule has 0 saturated heterocycles. The van der Waals surface area contributed by atoms with E-state index in [9.17, 15) is 18.0 Å². The summed E-state index contributed by atoms with van der Waals surface area (Å²) < 4.78 is 26.6. The summed E-state index contributed by atoms with van der Waals surface area (Å²) in [5.41, 5.74) is 2.93. The Balaban J connectivity index is 2.32. The lowest BCUT2D eigenvalue weighted by molar-refractivity contribution is -0.141. The second kappa shape index (κ2) is 14.2. The molecule has 0 spiro atoms. The highest BCUT2D eigenvalue weighted by Crippen LogP contribution is 2.28. The maximum Gasteiger partial charge on any atom is 0.243 e. The molecule has 0 radical (unpaired) electrons. The van der Waals surface area contributed by atoms with Crippen LogP contribution < -0.4 is 9.62 Å². The summed E-state index contributed by atoms with van der Waals surface area (Å²) >= 11 is 12.8. The second-order valence-electron chi connectivity index (χ2n) is 9.69. The lowest BCUT2D eigenvalue weighted by Crippen LogP contribution is -2.50. The van der Waals surface area contributed by atoms with Crippen LogP contribution in [0.5, 0.6) is 0 Å². The predicted molar refractivity (Wildman–Crippen MR) is 156 cm³/mol. The number of benzene rings is 2. The van der Waals surface area contributed by atoms with Crippen molar-refractivity contribution in [2.45, 2.75) is 78.9 Å². The predicted octanol–water partition coefficient (Wildman–Crippen LogP) is 5.88. The molecule has 7 nitrogen and oxygen atoms in total. The quantitative estimate of drug-likeness (QED) is 0.319. The molecular weight excluding hydrogens is 545 g/mol. The molecule has 10 heteroatoms. The molecule has 2 amide bonds. The number of hydrogen-bond acceptors (Lipinski definition) is 4. The zero-order valence-electron chi connectivity index (χ0n) is 23.1. The first-order valence-electron chi connectivity index (χ1n) is 12.9. The Bertz CT molecular complexity index is 1220. The van der Waals surface area contributed by atoms with Crippen molar-refractivity contribution in [1.29, 1.82) is 0 Å². The number of halogens is 2. The number of hydrogen-bond donors (Lipinski definition) is 1. The molecule has 0 saturated carbocycles.